The molecule has 2 N–H and O–H groups in total. The highest BCUT2D eigenvalue weighted by molar-refractivity contribution is 5.76. The summed E-state index contributed by atoms with van der Waals surface area (Å²) in [6.45, 7) is 3.33. The first kappa shape index (κ1) is 13.8. The Kier molecular flexibility index (Phi) is 4.52. The van der Waals surface area contributed by atoms with E-state index in [2.05, 4.69) is 15.3 Å². The van der Waals surface area contributed by atoms with E-state index >= 15 is 0 Å². The van der Waals surface area contributed by atoms with Crippen molar-refractivity contribution in [2.45, 2.75) is 32.7 Å². The molecule has 0 saturated carbocycles. The predicted molar refractivity (Wildman–Crippen MR) is 63.4 cm³/mol. The van der Waals surface area contributed by atoms with Crippen molar-refractivity contribution >= 4 is 17.6 Å². The van der Waals surface area contributed by atoms with Crippen molar-refractivity contribution < 1.29 is 14.8 Å². The van der Waals surface area contributed by atoms with Gasteiger partial charge < -0.3 is 10.4 Å². The molecule has 0 saturated heterocycles. The zero-order chi connectivity index (χ0) is 13.7. The van der Waals surface area contributed by atoms with Gasteiger partial charge in [-0.2, -0.15) is 0 Å². The summed E-state index contributed by atoms with van der Waals surface area (Å²) in [6.07, 6.45) is 2.18. The highest BCUT2D eigenvalue weighted by Crippen LogP contribution is 2.16. The molecule has 0 aliphatic rings. The molecule has 8 heteroatoms. The lowest BCUT2D eigenvalue weighted by Gasteiger charge is -2.13. The van der Waals surface area contributed by atoms with E-state index in [1.807, 2.05) is 6.92 Å². The van der Waals surface area contributed by atoms with Gasteiger partial charge in [-0.05, 0) is 13.3 Å². The SMILES string of the molecule is CCCC(Nc1ncc([N+](=O)[O-])c(C)n1)C(=O)O. The van der Waals surface area contributed by atoms with Crippen LogP contribution >= 0.6 is 0 Å². The highest BCUT2D eigenvalue weighted by Gasteiger charge is 2.19. The minimum atomic E-state index is -1.00. The van der Waals surface area contributed by atoms with Gasteiger partial charge in [0.1, 0.15) is 17.9 Å². The monoisotopic (exact) mass is 254 g/mol. The van der Waals surface area contributed by atoms with Crippen molar-refractivity contribution in [3.8, 4) is 0 Å². The molecule has 8 nitrogen and oxygen atoms in total. The molecule has 1 unspecified atom stereocenters. The maximum Gasteiger partial charge on any atom is 0.326 e. The number of nitrogens with one attached hydrogen (secondary N) is 1. The number of hydrogen-bond acceptors (Lipinski definition) is 6. The Labute approximate surface area is 103 Å². The lowest BCUT2D eigenvalue weighted by molar-refractivity contribution is -0.386. The highest BCUT2D eigenvalue weighted by atomic mass is 16.6. The fourth-order valence-electron chi connectivity index (χ4n) is 1.41. The van der Waals surface area contributed by atoms with Crippen molar-refractivity contribution in [3.63, 3.8) is 0 Å². The molecule has 0 aliphatic carbocycles. The van der Waals surface area contributed by atoms with Gasteiger partial charge in [-0.3, -0.25) is 10.1 Å². The molecule has 0 aliphatic heterocycles. The van der Waals surface area contributed by atoms with Gasteiger partial charge in [-0.1, -0.05) is 13.3 Å². The minimum absolute atomic E-state index is 0.0824. The topological polar surface area (TPSA) is 118 Å². The van der Waals surface area contributed by atoms with E-state index in [4.69, 9.17) is 5.11 Å². The quantitative estimate of drug-likeness (QED) is 0.581. The van der Waals surface area contributed by atoms with Crippen LogP contribution in [-0.4, -0.2) is 32.0 Å². The normalized spacial score (nSPS) is 11.9. The third kappa shape index (κ3) is 3.37. The Balaban J connectivity index is 2.88. The van der Waals surface area contributed by atoms with E-state index in [-0.39, 0.29) is 17.3 Å². The zero-order valence-corrected chi connectivity index (χ0v) is 10.1. The number of anilines is 1. The van der Waals surface area contributed by atoms with Crippen molar-refractivity contribution in [3.05, 3.63) is 22.0 Å². The Morgan fingerprint density at radius 3 is 2.78 bits per heavy atom. The number of hydrogen-bond donors (Lipinski definition) is 2. The third-order valence-corrected chi connectivity index (χ3v) is 2.33. The summed E-state index contributed by atoms with van der Waals surface area (Å²) in [6, 6.07) is -0.796. The number of rotatable bonds is 6. The molecule has 0 amide bonds. The third-order valence-electron chi connectivity index (χ3n) is 2.33. The summed E-state index contributed by atoms with van der Waals surface area (Å²) in [5, 5.41) is 22.2. The number of aromatic nitrogens is 2. The smallest absolute Gasteiger partial charge is 0.326 e. The summed E-state index contributed by atoms with van der Waals surface area (Å²) in [5.74, 6) is -0.921. The van der Waals surface area contributed by atoms with Crippen LogP contribution in [0.4, 0.5) is 11.6 Å². The number of carboxylic acid groups (broad SMARTS) is 1. The fourth-order valence-corrected chi connectivity index (χ4v) is 1.41. The second kappa shape index (κ2) is 5.89. The summed E-state index contributed by atoms with van der Waals surface area (Å²) in [7, 11) is 0. The second-order valence-corrected chi connectivity index (χ2v) is 3.75. The fraction of sp³-hybridized carbons (Fsp3) is 0.500. The van der Waals surface area contributed by atoms with Gasteiger partial charge in [0.2, 0.25) is 5.95 Å². The molecule has 1 heterocycles. The molecule has 1 aromatic heterocycles. The van der Waals surface area contributed by atoms with Gasteiger partial charge in [-0.15, -0.1) is 0 Å². The predicted octanol–water partition coefficient (Wildman–Crippen LogP) is 1.36. The van der Waals surface area contributed by atoms with Crippen LogP contribution in [0.3, 0.4) is 0 Å². The molecule has 1 rings (SSSR count). The van der Waals surface area contributed by atoms with E-state index in [0.29, 0.717) is 12.8 Å². The largest absolute Gasteiger partial charge is 0.480 e. The van der Waals surface area contributed by atoms with E-state index in [9.17, 15) is 14.9 Å². The van der Waals surface area contributed by atoms with Crippen LogP contribution < -0.4 is 5.32 Å². The molecule has 98 valence electrons. The van der Waals surface area contributed by atoms with Crippen LogP contribution in [-0.2, 0) is 4.79 Å². The summed E-state index contributed by atoms with van der Waals surface area (Å²) >= 11 is 0. The maximum atomic E-state index is 10.9. The first-order chi connectivity index (χ1) is 8.45. The van der Waals surface area contributed by atoms with Crippen molar-refractivity contribution in [2.75, 3.05) is 5.32 Å². The van der Waals surface area contributed by atoms with Crippen LogP contribution in [0.25, 0.3) is 0 Å². The first-order valence-corrected chi connectivity index (χ1v) is 5.43. The lowest BCUT2D eigenvalue weighted by atomic mass is 10.2. The molecular formula is C10H14N4O4. The molecule has 0 radical (unpaired) electrons. The van der Waals surface area contributed by atoms with E-state index in [0.717, 1.165) is 6.20 Å². The van der Waals surface area contributed by atoms with Crippen LogP contribution in [0.5, 0.6) is 0 Å². The van der Waals surface area contributed by atoms with Gasteiger partial charge in [-0.25, -0.2) is 14.8 Å². The van der Waals surface area contributed by atoms with Gasteiger partial charge in [0.05, 0.1) is 4.92 Å². The molecule has 0 bridgehead atoms. The molecule has 0 spiro atoms. The Hall–Kier alpha value is -2.25. The van der Waals surface area contributed by atoms with Crippen molar-refractivity contribution in [1.82, 2.24) is 9.97 Å². The molecular weight excluding hydrogens is 240 g/mol. The van der Waals surface area contributed by atoms with Gasteiger partial charge in [0.15, 0.2) is 0 Å². The molecule has 1 atom stereocenters. The van der Waals surface area contributed by atoms with E-state index in [1.165, 1.54) is 6.92 Å². The van der Waals surface area contributed by atoms with Gasteiger partial charge in [0.25, 0.3) is 0 Å². The minimum Gasteiger partial charge on any atom is -0.480 e. The van der Waals surface area contributed by atoms with Crippen molar-refractivity contribution in [1.29, 1.82) is 0 Å². The molecule has 0 fully saturated rings. The van der Waals surface area contributed by atoms with Crippen LogP contribution in [0.2, 0.25) is 0 Å². The lowest BCUT2D eigenvalue weighted by Crippen LogP contribution is -2.30. The number of nitrogens with zero attached hydrogens (tertiary/aromatic N) is 3. The number of nitro groups is 1. The molecule has 18 heavy (non-hydrogen) atoms. The summed E-state index contributed by atoms with van der Waals surface area (Å²) < 4.78 is 0. The summed E-state index contributed by atoms with van der Waals surface area (Å²) in [4.78, 5) is 28.5. The summed E-state index contributed by atoms with van der Waals surface area (Å²) in [5.41, 5.74) is 0.000976. The van der Waals surface area contributed by atoms with Crippen LogP contribution in [0, 0.1) is 17.0 Å². The molecule has 1 aromatic rings. The van der Waals surface area contributed by atoms with Gasteiger partial charge in [0, 0.05) is 0 Å². The van der Waals surface area contributed by atoms with Crippen molar-refractivity contribution in [2.24, 2.45) is 0 Å². The average molecular weight is 254 g/mol. The number of carboxylic acids is 1. The van der Waals surface area contributed by atoms with E-state index in [1.54, 1.807) is 0 Å². The Bertz CT molecular complexity index is 463. The van der Waals surface area contributed by atoms with E-state index < -0.39 is 16.9 Å². The standard InChI is InChI=1S/C10H14N4O4/c1-3-4-7(9(15)16)13-10-11-5-8(14(17)18)6(2)12-10/h5,7H,3-4H2,1-2H3,(H,15,16)(H,11,12,13). The Morgan fingerprint density at radius 2 is 2.33 bits per heavy atom. The maximum absolute atomic E-state index is 10.9. The first-order valence-electron chi connectivity index (χ1n) is 5.43. The van der Waals surface area contributed by atoms with Gasteiger partial charge >= 0.3 is 11.7 Å². The second-order valence-electron chi connectivity index (χ2n) is 3.75. The Morgan fingerprint density at radius 1 is 1.67 bits per heavy atom. The number of aliphatic carboxylic acids is 1. The molecule has 0 aromatic carbocycles. The zero-order valence-electron chi connectivity index (χ0n) is 10.1. The number of aryl methyl sites for hydroxylation is 1. The number of carbonyl (C=O) groups is 1. The van der Waals surface area contributed by atoms with Crippen LogP contribution in [0.1, 0.15) is 25.5 Å². The average Bonchev–Trinajstić information content (AvgIpc) is 2.27. The van der Waals surface area contributed by atoms with Crippen LogP contribution in [0.15, 0.2) is 6.20 Å².